The summed E-state index contributed by atoms with van der Waals surface area (Å²) >= 11 is 6.06. The van der Waals surface area contributed by atoms with Crippen LogP contribution in [0.5, 0.6) is 17.2 Å². The first-order valence-corrected chi connectivity index (χ1v) is 10.2. The van der Waals surface area contributed by atoms with E-state index in [9.17, 15) is 4.79 Å². The maximum Gasteiger partial charge on any atom is 0.240 e. The van der Waals surface area contributed by atoms with Crippen LogP contribution in [-0.4, -0.2) is 61.9 Å². The Kier molecular flexibility index (Phi) is 7.44. The van der Waals surface area contributed by atoms with Gasteiger partial charge in [0.1, 0.15) is 11.1 Å². The van der Waals surface area contributed by atoms with Crippen LogP contribution in [0, 0.1) is 0 Å². The van der Waals surface area contributed by atoms with Gasteiger partial charge in [-0.15, -0.1) is 11.6 Å². The van der Waals surface area contributed by atoms with Crippen LogP contribution in [0.2, 0.25) is 0 Å². The minimum atomic E-state index is -0.632. The Morgan fingerprint density at radius 3 is 2.47 bits per heavy atom. The van der Waals surface area contributed by atoms with Crippen LogP contribution in [0.3, 0.4) is 0 Å². The van der Waals surface area contributed by atoms with E-state index in [1.54, 1.807) is 51.4 Å². The molecule has 0 radical (unpaired) electrons. The van der Waals surface area contributed by atoms with Crippen LogP contribution in [-0.2, 0) is 16.1 Å². The summed E-state index contributed by atoms with van der Waals surface area (Å²) in [6.07, 6.45) is 1.94. The molecule has 1 aliphatic heterocycles. The largest absolute Gasteiger partial charge is 0.493 e. The second kappa shape index (κ2) is 10.0. The van der Waals surface area contributed by atoms with Gasteiger partial charge < -0.3 is 28.4 Å². The quantitative estimate of drug-likeness (QED) is 0.554. The molecule has 0 unspecified atom stereocenters. The number of amides is 1. The van der Waals surface area contributed by atoms with Crippen LogP contribution in [0.25, 0.3) is 11.3 Å². The first-order chi connectivity index (χ1) is 14.5. The Bertz CT molecular complexity index is 838. The number of hydrogen-bond acceptors (Lipinski definition) is 7. The van der Waals surface area contributed by atoms with Crippen molar-refractivity contribution >= 4 is 17.5 Å². The number of aromatic nitrogens is 1. The van der Waals surface area contributed by atoms with Gasteiger partial charge in [0.2, 0.25) is 11.7 Å². The van der Waals surface area contributed by atoms with Crippen molar-refractivity contribution in [2.75, 3.05) is 34.5 Å². The van der Waals surface area contributed by atoms with Gasteiger partial charge in [-0.2, -0.15) is 0 Å². The van der Waals surface area contributed by atoms with E-state index < -0.39 is 5.38 Å². The van der Waals surface area contributed by atoms with Gasteiger partial charge in [0.05, 0.1) is 34.0 Å². The highest BCUT2D eigenvalue weighted by molar-refractivity contribution is 6.30. The molecular formula is C21H27ClN2O6. The van der Waals surface area contributed by atoms with Crippen molar-refractivity contribution in [3.8, 4) is 28.6 Å². The zero-order valence-electron chi connectivity index (χ0n) is 17.6. The summed E-state index contributed by atoms with van der Waals surface area (Å²) in [6.45, 7) is 3.14. The van der Waals surface area contributed by atoms with Gasteiger partial charge in [0.15, 0.2) is 17.3 Å². The Morgan fingerprint density at radius 1 is 1.23 bits per heavy atom. The fraction of sp³-hybridized carbons (Fsp3) is 0.524. The monoisotopic (exact) mass is 438 g/mol. The summed E-state index contributed by atoms with van der Waals surface area (Å²) < 4.78 is 27.4. The number of alkyl halides is 1. The third kappa shape index (κ3) is 4.99. The molecule has 1 aromatic carbocycles. The molecule has 0 saturated carbocycles. The molecule has 1 fully saturated rings. The number of carbonyl (C=O) groups excluding carboxylic acids is 1. The Labute approximate surface area is 181 Å². The zero-order valence-corrected chi connectivity index (χ0v) is 18.4. The topological polar surface area (TPSA) is 83.3 Å². The summed E-state index contributed by atoms with van der Waals surface area (Å²) in [7, 11) is 4.65. The molecule has 2 aromatic rings. The molecule has 0 spiro atoms. The number of ether oxygens (including phenoxy) is 4. The van der Waals surface area contributed by atoms with Crippen molar-refractivity contribution in [3.63, 3.8) is 0 Å². The highest BCUT2D eigenvalue weighted by Crippen LogP contribution is 2.41. The van der Waals surface area contributed by atoms with E-state index in [-0.39, 0.29) is 18.6 Å². The predicted molar refractivity (Wildman–Crippen MR) is 111 cm³/mol. The highest BCUT2D eigenvalue weighted by Gasteiger charge is 2.26. The lowest BCUT2D eigenvalue weighted by Crippen LogP contribution is -2.40. The molecule has 2 heterocycles. The molecule has 0 bridgehead atoms. The molecular weight excluding hydrogens is 412 g/mol. The summed E-state index contributed by atoms with van der Waals surface area (Å²) in [5.41, 5.74) is 1.33. The van der Waals surface area contributed by atoms with Gasteiger partial charge in [-0.1, -0.05) is 5.16 Å². The maximum atomic E-state index is 12.6. The molecule has 30 heavy (non-hydrogen) atoms. The molecule has 164 valence electrons. The number of hydrogen-bond donors (Lipinski definition) is 0. The lowest BCUT2D eigenvalue weighted by molar-refractivity contribution is -0.132. The first kappa shape index (κ1) is 22.2. The SMILES string of the molecule is COc1cc(-c2cc(CN(C[C@H]3CCCO3)C(=O)[C@H](C)Cl)no2)cc(OC)c1OC. The Balaban J connectivity index is 1.82. The number of benzene rings is 1. The average molecular weight is 439 g/mol. The smallest absolute Gasteiger partial charge is 0.240 e. The summed E-state index contributed by atoms with van der Waals surface area (Å²) in [5.74, 6) is 1.87. The van der Waals surface area contributed by atoms with Crippen molar-refractivity contribution in [2.45, 2.75) is 37.8 Å². The van der Waals surface area contributed by atoms with Crippen LogP contribution < -0.4 is 14.2 Å². The number of carbonyl (C=O) groups is 1. The van der Waals surface area contributed by atoms with E-state index in [2.05, 4.69) is 5.16 Å². The molecule has 3 rings (SSSR count). The minimum absolute atomic E-state index is 0.0193. The fourth-order valence-electron chi connectivity index (χ4n) is 3.46. The van der Waals surface area contributed by atoms with Crippen molar-refractivity contribution < 1.29 is 28.3 Å². The van der Waals surface area contributed by atoms with Gasteiger partial charge in [-0.25, -0.2) is 0 Å². The Morgan fingerprint density at radius 2 is 1.93 bits per heavy atom. The third-order valence-corrected chi connectivity index (χ3v) is 5.15. The van der Waals surface area contributed by atoms with E-state index in [1.807, 2.05) is 0 Å². The van der Waals surface area contributed by atoms with E-state index in [0.717, 1.165) is 19.4 Å². The number of methoxy groups -OCH3 is 3. The highest BCUT2D eigenvalue weighted by atomic mass is 35.5. The fourth-order valence-corrected chi connectivity index (χ4v) is 3.60. The first-order valence-electron chi connectivity index (χ1n) is 9.77. The third-order valence-electron chi connectivity index (χ3n) is 4.96. The second-order valence-corrected chi connectivity index (χ2v) is 7.72. The molecule has 1 saturated heterocycles. The van der Waals surface area contributed by atoms with Crippen molar-refractivity contribution in [1.82, 2.24) is 10.1 Å². The summed E-state index contributed by atoms with van der Waals surface area (Å²) in [5, 5.41) is 3.50. The molecule has 0 N–H and O–H groups in total. The van der Waals surface area contributed by atoms with E-state index in [4.69, 9.17) is 35.1 Å². The molecule has 1 amide bonds. The Hall–Kier alpha value is -2.45. The van der Waals surface area contributed by atoms with Crippen LogP contribution in [0.4, 0.5) is 0 Å². The molecule has 8 nitrogen and oxygen atoms in total. The number of halogens is 1. The van der Waals surface area contributed by atoms with Crippen molar-refractivity contribution in [3.05, 3.63) is 23.9 Å². The van der Waals surface area contributed by atoms with Crippen molar-refractivity contribution in [2.24, 2.45) is 0 Å². The van der Waals surface area contributed by atoms with Crippen molar-refractivity contribution in [1.29, 1.82) is 0 Å². The van der Waals surface area contributed by atoms with E-state index >= 15 is 0 Å². The van der Waals surface area contributed by atoms with E-state index in [1.165, 1.54) is 0 Å². The van der Waals surface area contributed by atoms with E-state index in [0.29, 0.717) is 40.8 Å². The predicted octanol–water partition coefficient (Wildman–Crippen LogP) is 3.50. The average Bonchev–Trinajstić information content (AvgIpc) is 3.43. The number of nitrogens with zero attached hydrogens (tertiary/aromatic N) is 2. The van der Waals surface area contributed by atoms with Gasteiger partial charge in [0.25, 0.3) is 0 Å². The second-order valence-electron chi connectivity index (χ2n) is 7.07. The van der Waals surface area contributed by atoms with Gasteiger partial charge in [0, 0.05) is 24.8 Å². The standard InChI is InChI=1S/C21H27ClN2O6/c1-13(22)21(25)24(12-16-6-5-7-29-16)11-15-10-17(30-23-15)14-8-18(26-2)20(28-4)19(9-14)27-3/h8-10,13,16H,5-7,11-12H2,1-4H3/t13-,16+/m0/s1. The minimum Gasteiger partial charge on any atom is -0.493 e. The van der Waals surface area contributed by atoms with Crippen LogP contribution >= 0.6 is 11.6 Å². The number of rotatable bonds is 9. The van der Waals surface area contributed by atoms with Gasteiger partial charge in [-0.05, 0) is 31.9 Å². The molecule has 1 aromatic heterocycles. The molecule has 9 heteroatoms. The molecule has 2 atom stereocenters. The lowest BCUT2D eigenvalue weighted by atomic mass is 10.1. The normalized spacial score (nSPS) is 16.9. The van der Waals surface area contributed by atoms with Crippen LogP contribution in [0.1, 0.15) is 25.5 Å². The maximum absolute atomic E-state index is 12.6. The van der Waals surface area contributed by atoms with Gasteiger partial charge >= 0.3 is 0 Å². The lowest BCUT2D eigenvalue weighted by Gasteiger charge is -2.25. The van der Waals surface area contributed by atoms with Gasteiger partial charge in [-0.3, -0.25) is 4.79 Å². The van der Waals surface area contributed by atoms with Crippen LogP contribution in [0.15, 0.2) is 22.7 Å². The summed E-state index contributed by atoms with van der Waals surface area (Å²) in [6, 6.07) is 5.35. The molecule has 1 aliphatic rings. The summed E-state index contributed by atoms with van der Waals surface area (Å²) in [4.78, 5) is 14.3. The zero-order chi connectivity index (χ0) is 21.7. The molecule has 0 aliphatic carbocycles.